The zero-order valence-corrected chi connectivity index (χ0v) is 17.1. The number of aryl methyl sites for hydroxylation is 2. The predicted molar refractivity (Wildman–Crippen MR) is 118 cm³/mol. The average molecular weight is 435 g/mol. The smallest absolute Gasteiger partial charge is 0.222 e. The number of phenols is 1. The second-order valence-electron chi connectivity index (χ2n) is 6.76. The van der Waals surface area contributed by atoms with Crippen molar-refractivity contribution in [2.24, 2.45) is 0 Å². The minimum Gasteiger partial charge on any atom is -0.507 e. The number of anilines is 3. The molecule has 0 saturated heterocycles. The number of aromatic nitrogens is 2. The lowest BCUT2D eigenvalue weighted by atomic mass is 9.98. The molecule has 0 atom stereocenters. The molecule has 4 aromatic rings. The van der Waals surface area contributed by atoms with E-state index in [0.29, 0.717) is 11.6 Å². The third-order valence-corrected chi connectivity index (χ3v) is 5.12. The average Bonchev–Trinajstić information content (AvgIpc) is 2.65. The van der Waals surface area contributed by atoms with E-state index in [9.17, 15) is 5.11 Å². The second kappa shape index (κ2) is 7.13. The van der Waals surface area contributed by atoms with E-state index in [2.05, 4.69) is 31.2 Å². The number of nitrogens with one attached hydrogen (secondary N) is 1. The lowest BCUT2D eigenvalue weighted by molar-refractivity contribution is 0.467. The number of aromatic hydroxyl groups is 1. The van der Waals surface area contributed by atoms with Crippen LogP contribution < -0.4 is 11.1 Å². The summed E-state index contributed by atoms with van der Waals surface area (Å²) in [7, 11) is 0. The fourth-order valence-corrected chi connectivity index (χ4v) is 3.65. The van der Waals surface area contributed by atoms with Crippen molar-refractivity contribution in [3.8, 4) is 16.9 Å². The Morgan fingerprint density at radius 3 is 2.39 bits per heavy atom. The number of benzene rings is 3. The molecule has 4 N–H and O–H groups in total. The van der Waals surface area contributed by atoms with Gasteiger partial charge in [-0.1, -0.05) is 28.1 Å². The van der Waals surface area contributed by atoms with Crippen molar-refractivity contribution in [3.05, 3.63) is 70.2 Å². The van der Waals surface area contributed by atoms with Gasteiger partial charge in [0, 0.05) is 15.5 Å². The van der Waals surface area contributed by atoms with Gasteiger partial charge in [-0.2, -0.15) is 4.98 Å². The molecule has 0 amide bonds. The topological polar surface area (TPSA) is 84.1 Å². The minimum atomic E-state index is 0.217. The van der Waals surface area contributed by atoms with Crippen LogP contribution >= 0.6 is 15.9 Å². The van der Waals surface area contributed by atoms with E-state index in [1.165, 1.54) is 0 Å². The molecule has 0 radical (unpaired) electrons. The molecule has 0 unspecified atom stereocenters. The van der Waals surface area contributed by atoms with Crippen molar-refractivity contribution < 1.29 is 5.11 Å². The Bertz CT molecular complexity index is 1180. The van der Waals surface area contributed by atoms with Crippen molar-refractivity contribution >= 4 is 44.3 Å². The Balaban J connectivity index is 1.85. The zero-order valence-electron chi connectivity index (χ0n) is 15.5. The molecule has 28 heavy (non-hydrogen) atoms. The summed E-state index contributed by atoms with van der Waals surface area (Å²) in [5.41, 5.74) is 11.3. The van der Waals surface area contributed by atoms with Gasteiger partial charge in [0.15, 0.2) is 0 Å². The highest BCUT2D eigenvalue weighted by molar-refractivity contribution is 9.10. The number of halogens is 1. The summed E-state index contributed by atoms with van der Waals surface area (Å²) < 4.78 is 0.972. The van der Waals surface area contributed by atoms with Crippen LogP contribution in [0, 0.1) is 13.8 Å². The van der Waals surface area contributed by atoms with Gasteiger partial charge < -0.3 is 16.2 Å². The van der Waals surface area contributed by atoms with Crippen LogP contribution in [0.4, 0.5) is 17.5 Å². The Labute approximate surface area is 171 Å². The first-order valence-corrected chi connectivity index (χ1v) is 9.60. The fourth-order valence-electron chi connectivity index (χ4n) is 3.25. The van der Waals surface area contributed by atoms with Crippen molar-refractivity contribution in [3.63, 3.8) is 0 Å². The Morgan fingerprint density at radius 2 is 1.68 bits per heavy atom. The predicted octanol–water partition coefficient (Wildman–Crippen LogP) is 5.71. The highest BCUT2D eigenvalue weighted by atomic mass is 79.9. The van der Waals surface area contributed by atoms with Crippen LogP contribution in [0.15, 0.2) is 59.1 Å². The molecule has 0 fully saturated rings. The molecular weight excluding hydrogens is 416 g/mol. The van der Waals surface area contributed by atoms with Crippen molar-refractivity contribution in [1.82, 2.24) is 9.97 Å². The molecular formula is C22H19BrN4O. The number of fused-ring (bicyclic) bond motifs is 1. The van der Waals surface area contributed by atoms with Crippen molar-refractivity contribution in [1.29, 1.82) is 0 Å². The lowest BCUT2D eigenvalue weighted by Crippen LogP contribution is -2.01. The monoisotopic (exact) mass is 434 g/mol. The molecule has 5 nitrogen and oxygen atoms in total. The quantitative estimate of drug-likeness (QED) is 0.384. The Morgan fingerprint density at radius 1 is 0.929 bits per heavy atom. The van der Waals surface area contributed by atoms with Crippen LogP contribution in [0.5, 0.6) is 5.75 Å². The largest absolute Gasteiger partial charge is 0.507 e. The second-order valence-corrected chi connectivity index (χ2v) is 7.67. The minimum absolute atomic E-state index is 0.217. The van der Waals surface area contributed by atoms with Gasteiger partial charge in [-0.15, -0.1) is 0 Å². The molecule has 6 heteroatoms. The van der Waals surface area contributed by atoms with Crippen LogP contribution in [0.25, 0.3) is 22.0 Å². The number of nitrogens with two attached hydrogens (primary N) is 1. The molecule has 1 heterocycles. The number of hydrogen-bond acceptors (Lipinski definition) is 5. The number of hydrogen-bond donors (Lipinski definition) is 3. The van der Waals surface area contributed by atoms with E-state index in [1.54, 1.807) is 0 Å². The SMILES string of the molecule is Cc1cc(-c2ccc3nc(N)nc(Nc4cccc(Br)c4)c3c2)cc(C)c1O. The molecule has 0 aliphatic carbocycles. The van der Waals surface area contributed by atoms with Gasteiger partial charge in [-0.25, -0.2) is 4.98 Å². The molecule has 1 aromatic heterocycles. The van der Waals surface area contributed by atoms with Gasteiger partial charge in [0.2, 0.25) is 5.95 Å². The van der Waals surface area contributed by atoms with Gasteiger partial charge in [0.25, 0.3) is 0 Å². The number of rotatable bonds is 3. The van der Waals surface area contributed by atoms with Crippen molar-refractivity contribution in [2.75, 3.05) is 11.1 Å². The van der Waals surface area contributed by atoms with E-state index in [4.69, 9.17) is 5.73 Å². The lowest BCUT2D eigenvalue weighted by Gasteiger charge is -2.12. The molecule has 0 aliphatic rings. The van der Waals surface area contributed by atoms with Crippen LogP contribution in [0.1, 0.15) is 11.1 Å². The highest BCUT2D eigenvalue weighted by Gasteiger charge is 2.11. The molecule has 4 rings (SSSR count). The summed E-state index contributed by atoms with van der Waals surface area (Å²) in [6.07, 6.45) is 0. The summed E-state index contributed by atoms with van der Waals surface area (Å²) in [6, 6.07) is 17.8. The fraction of sp³-hybridized carbons (Fsp3) is 0.0909. The van der Waals surface area contributed by atoms with Gasteiger partial charge in [-0.05, 0) is 78.6 Å². The third-order valence-electron chi connectivity index (χ3n) is 4.62. The first kappa shape index (κ1) is 18.3. The Hall–Kier alpha value is -3.12. The van der Waals surface area contributed by atoms with E-state index in [0.717, 1.165) is 43.3 Å². The first-order chi connectivity index (χ1) is 13.4. The number of phenolic OH excluding ortho intramolecular Hbond substituents is 1. The molecule has 140 valence electrons. The van der Waals surface area contributed by atoms with Crippen LogP contribution in [-0.4, -0.2) is 15.1 Å². The normalized spacial score (nSPS) is 11.0. The highest BCUT2D eigenvalue weighted by Crippen LogP contribution is 2.33. The van der Waals surface area contributed by atoms with Crippen LogP contribution in [0.2, 0.25) is 0 Å². The molecule has 3 aromatic carbocycles. The standard InChI is InChI=1S/C22H19BrN4O/c1-12-8-15(9-13(2)20(12)28)14-6-7-19-18(10-14)21(27-22(24)26-19)25-17-5-3-4-16(23)11-17/h3-11,28H,1-2H3,(H3,24,25,26,27). The zero-order chi connectivity index (χ0) is 19.8. The van der Waals surface area contributed by atoms with Crippen LogP contribution in [-0.2, 0) is 0 Å². The van der Waals surface area contributed by atoms with Gasteiger partial charge >= 0.3 is 0 Å². The van der Waals surface area contributed by atoms with E-state index in [1.807, 2.05) is 68.4 Å². The van der Waals surface area contributed by atoms with Gasteiger partial charge in [-0.3, -0.25) is 0 Å². The van der Waals surface area contributed by atoms with Crippen LogP contribution in [0.3, 0.4) is 0 Å². The Kier molecular flexibility index (Phi) is 4.65. The summed E-state index contributed by atoms with van der Waals surface area (Å²) in [5.74, 6) is 1.20. The van der Waals surface area contributed by atoms with Crippen molar-refractivity contribution in [2.45, 2.75) is 13.8 Å². The first-order valence-electron chi connectivity index (χ1n) is 8.81. The summed E-state index contributed by atoms with van der Waals surface area (Å²) in [4.78, 5) is 8.77. The van der Waals surface area contributed by atoms with E-state index in [-0.39, 0.29) is 5.95 Å². The number of nitrogens with zero attached hydrogens (tertiary/aromatic N) is 2. The molecule has 0 aliphatic heterocycles. The summed E-state index contributed by atoms with van der Waals surface area (Å²) in [6.45, 7) is 3.80. The maximum absolute atomic E-state index is 10.1. The molecule has 0 saturated carbocycles. The molecule has 0 bridgehead atoms. The third kappa shape index (κ3) is 3.51. The summed E-state index contributed by atoms with van der Waals surface area (Å²) in [5, 5.41) is 14.3. The van der Waals surface area contributed by atoms with Gasteiger partial charge in [0.1, 0.15) is 11.6 Å². The molecule has 0 spiro atoms. The maximum atomic E-state index is 10.1. The number of nitrogen functional groups attached to an aromatic ring is 1. The summed E-state index contributed by atoms with van der Waals surface area (Å²) >= 11 is 3.48. The van der Waals surface area contributed by atoms with E-state index >= 15 is 0 Å². The maximum Gasteiger partial charge on any atom is 0.222 e. The van der Waals surface area contributed by atoms with Gasteiger partial charge in [0.05, 0.1) is 5.52 Å². The van der Waals surface area contributed by atoms with E-state index < -0.39 is 0 Å².